The molecule has 190 valence electrons. The van der Waals surface area contributed by atoms with Gasteiger partial charge in [-0.15, -0.1) is 0 Å². The maximum Gasteiger partial charge on any atom is 0.276 e. The molecule has 3 N–H and O–H groups in total. The minimum absolute atomic E-state index is 0.00840. The average molecular weight is 519 g/mol. The first-order chi connectivity index (χ1) is 17.9. The molecular weight excluding hydrogens is 492 g/mol. The largest absolute Gasteiger partial charge is 0.295 e. The van der Waals surface area contributed by atoms with Crippen LogP contribution in [0.25, 0.3) is 5.69 Å². The number of hydroxylamine groups is 1. The van der Waals surface area contributed by atoms with Crippen molar-refractivity contribution in [3.8, 4) is 5.69 Å². The van der Waals surface area contributed by atoms with Crippen LogP contribution in [0.2, 0.25) is 0 Å². The van der Waals surface area contributed by atoms with Crippen LogP contribution in [0.15, 0.2) is 94.6 Å². The molecule has 10 heteroatoms. The normalized spacial score (nSPS) is 15.8. The third-order valence-electron chi connectivity index (χ3n) is 6.60. The van der Waals surface area contributed by atoms with E-state index in [2.05, 4.69) is 5.10 Å². The van der Waals surface area contributed by atoms with Crippen LogP contribution >= 0.6 is 0 Å². The Kier molecular flexibility index (Phi) is 6.79. The lowest BCUT2D eigenvalue weighted by Crippen LogP contribution is -2.48. The molecule has 0 spiro atoms. The highest BCUT2D eigenvalue weighted by Gasteiger charge is 2.43. The highest BCUT2D eigenvalue weighted by Crippen LogP contribution is 2.32. The first-order valence-electron chi connectivity index (χ1n) is 11.9. The predicted molar refractivity (Wildman–Crippen MR) is 137 cm³/mol. The van der Waals surface area contributed by atoms with Crippen molar-refractivity contribution in [1.82, 2.24) is 19.6 Å². The molecule has 0 saturated carbocycles. The quantitative estimate of drug-likeness (QED) is 0.256. The number of aromatic nitrogens is 2. The van der Waals surface area contributed by atoms with Gasteiger partial charge in [0.1, 0.15) is 6.04 Å². The molecule has 0 radical (unpaired) electrons. The van der Waals surface area contributed by atoms with Gasteiger partial charge in [-0.05, 0) is 48.2 Å². The summed E-state index contributed by atoms with van der Waals surface area (Å²) >= 11 is 0. The van der Waals surface area contributed by atoms with Crippen molar-refractivity contribution in [2.45, 2.75) is 30.2 Å². The molecule has 1 aliphatic heterocycles. The van der Waals surface area contributed by atoms with Crippen LogP contribution < -0.4 is 11.0 Å². The van der Waals surface area contributed by atoms with Crippen molar-refractivity contribution < 1.29 is 18.4 Å². The van der Waals surface area contributed by atoms with Gasteiger partial charge in [-0.2, -0.15) is 4.31 Å². The van der Waals surface area contributed by atoms with E-state index < -0.39 is 27.5 Å². The lowest BCUT2D eigenvalue weighted by molar-refractivity contribution is -0.133. The van der Waals surface area contributed by atoms with E-state index in [0.29, 0.717) is 11.4 Å². The van der Waals surface area contributed by atoms with Crippen molar-refractivity contribution in [2.75, 3.05) is 6.54 Å². The smallest absolute Gasteiger partial charge is 0.276 e. The Balaban J connectivity index is 1.45. The van der Waals surface area contributed by atoms with Crippen molar-refractivity contribution in [3.63, 3.8) is 0 Å². The molecule has 0 fully saturated rings. The number of hydrogen-bond acceptors (Lipinski definition) is 5. The van der Waals surface area contributed by atoms with E-state index in [4.69, 9.17) is 0 Å². The number of fused-ring (bicyclic) bond motifs is 1. The first kappa shape index (κ1) is 24.7. The van der Waals surface area contributed by atoms with Crippen molar-refractivity contribution >= 4 is 15.9 Å². The number of nitrogens with zero attached hydrogens (tertiary/aromatic N) is 2. The number of aromatic amines is 1. The van der Waals surface area contributed by atoms with Crippen molar-refractivity contribution in [2.24, 2.45) is 0 Å². The third-order valence-corrected chi connectivity index (χ3v) is 8.48. The fourth-order valence-corrected chi connectivity index (χ4v) is 6.26. The Morgan fingerprint density at radius 3 is 2.14 bits per heavy atom. The van der Waals surface area contributed by atoms with Gasteiger partial charge in [0, 0.05) is 18.7 Å². The number of amides is 1. The lowest BCUT2D eigenvalue weighted by atomic mass is 10.0. The van der Waals surface area contributed by atoms with Gasteiger partial charge in [0.15, 0.2) is 0 Å². The molecule has 9 nitrogen and oxygen atoms in total. The van der Waals surface area contributed by atoms with Crippen LogP contribution in [-0.2, 0) is 34.1 Å². The van der Waals surface area contributed by atoms with Gasteiger partial charge in [-0.3, -0.25) is 19.9 Å². The topological polar surface area (TPSA) is 124 Å². The van der Waals surface area contributed by atoms with E-state index in [0.717, 1.165) is 22.7 Å². The number of hydrogen-bond donors (Lipinski definition) is 3. The molecule has 37 heavy (non-hydrogen) atoms. The summed E-state index contributed by atoms with van der Waals surface area (Å²) in [6.07, 6.45) is 1.77. The summed E-state index contributed by atoms with van der Waals surface area (Å²) in [4.78, 5) is 26.1. The second-order valence-electron chi connectivity index (χ2n) is 8.85. The van der Waals surface area contributed by atoms with Gasteiger partial charge >= 0.3 is 0 Å². The second kappa shape index (κ2) is 10.2. The number of H-pyrrole nitrogens is 1. The SMILES string of the molecule is O=C(NO)C1c2c([nH]n(-c3ccccc3)c2=O)CCN1S(=O)(=O)c1ccc(CCc2ccccc2)cc1. The number of para-hydroxylation sites is 1. The maximum atomic E-state index is 13.7. The van der Waals surface area contributed by atoms with Gasteiger partial charge in [0.25, 0.3) is 11.5 Å². The van der Waals surface area contributed by atoms with Gasteiger partial charge < -0.3 is 0 Å². The summed E-state index contributed by atoms with van der Waals surface area (Å²) in [5.74, 6) is -1.000. The lowest BCUT2D eigenvalue weighted by Gasteiger charge is -2.32. The molecule has 0 aliphatic carbocycles. The van der Waals surface area contributed by atoms with Gasteiger partial charge in [0.2, 0.25) is 10.0 Å². The van der Waals surface area contributed by atoms with Crippen LogP contribution in [0.5, 0.6) is 0 Å². The summed E-state index contributed by atoms with van der Waals surface area (Å²) in [6.45, 7) is -0.0437. The maximum absolute atomic E-state index is 13.7. The Labute approximate surface area is 214 Å². The zero-order chi connectivity index (χ0) is 26.0. The minimum Gasteiger partial charge on any atom is -0.295 e. The summed E-state index contributed by atoms with van der Waals surface area (Å²) < 4.78 is 29.6. The number of carbonyl (C=O) groups is 1. The van der Waals surface area contributed by atoms with E-state index in [1.165, 1.54) is 27.9 Å². The van der Waals surface area contributed by atoms with Crippen LogP contribution in [0.4, 0.5) is 0 Å². The molecule has 0 saturated heterocycles. The average Bonchev–Trinajstić information content (AvgIpc) is 3.28. The van der Waals surface area contributed by atoms with Crippen LogP contribution in [0.3, 0.4) is 0 Å². The number of carbonyl (C=O) groups excluding carboxylic acids is 1. The number of sulfonamides is 1. The van der Waals surface area contributed by atoms with Crippen LogP contribution in [-0.4, -0.2) is 40.2 Å². The monoisotopic (exact) mass is 518 g/mol. The molecular formula is C27H26N4O5S. The van der Waals surface area contributed by atoms with Crippen LogP contribution in [0.1, 0.15) is 28.4 Å². The number of aryl methyl sites for hydroxylation is 2. The van der Waals surface area contributed by atoms with E-state index in [-0.39, 0.29) is 23.4 Å². The predicted octanol–water partition coefficient (Wildman–Crippen LogP) is 2.74. The van der Waals surface area contributed by atoms with E-state index >= 15 is 0 Å². The molecule has 2 heterocycles. The second-order valence-corrected chi connectivity index (χ2v) is 10.7. The first-order valence-corrected chi connectivity index (χ1v) is 13.3. The van der Waals surface area contributed by atoms with Crippen LogP contribution in [0, 0.1) is 0 Å². The summed E-state index contributed by atoms with van der Waals surface area (Å²) in [7, 11) is -4.17. The molecule has 3 aromatic carbocycles. The van der Waals surface area contributed by atoms with Gasteiger partial charge in [-0.1, -0.05) is 60.7 Å². The van der Waals surface area contributed by atoms with E-state index in [1.54, 1.807) is 42.5 Å². The van der Waals surface area contributed by atoms with Crippen molar-refractivity contribution in [1.29, 1.82) is 0 Å². The standard InChI is InChI=1S/C27H26N4O5S/c32-26(29-34)25-24-23(28-31(27(24)33)21-9-5-2-6-10-21)17-18-30(25)37(35,36)22-15-13-20(14-16-22)12-11-19-7-3-1-4-8-19/h1-10,13-16,25,28,34H,11-12,17-18H2,(H,29,32). The highest BCUT2D eigenvalue weighted by molar-refractivity contribution is 7.89. The van der Waals surface area contributed by atoms with Crippen molar-refractivity contribution in [3.05, 3.63) is 118 Å². The molecule has 4 aromatic rings. The Bertz CT molecular complexity index is 1560. The van der Waals surface area contributed by atoms with Gasteiger partial charge in [-0.25, -0.2) is 18.6 Å². The molecule has 1 unspecified atom stereocenters. The molecule has 1 atom stereocenters. The molecule has 1 aromatic heterocycles. The van der Waals surface area contributed by atoms with Gasteiger partial charge in [0.05, 0.1) is 16.1 Å². The summed E-state index contributed by atoms with van der Waals surface area (Å²) in [6, 6.07) is 23.8. The Morgan fingerprint density at radius 2 is 1.51 bits per heavy atom. The molecule has 5 rings (SSSR count). The fourth-order valence-electron chi connectivity index (χ4n) is 4.70. The molecule has 0 bridgehead atoms. The molecule has 1 amide bonds. The Hall–Kier alpha value is -3.99. The highest BCUT2D eigenvalue weighted by atomic mass is 32.2. The third kappa shape index (κ3) is 4.74. The van der Waals surface area contributed by atoms with E-state index in [9.17, 15) is 23.2 Å². The number of nitrogens with one attached hydrogen (secondary N) is 2. The number of rotatable bonds is 7. The summed E-state index contributed by atoms with van der Waals surface area (Å²) in [5.41, 5.74) is 4.14. The van der Waals surface area contributed by atoms with E-state index in [1.807, 2.05) is 30.3 Å². The zero-order valence-electron chi connectivity index (χ0n) is 19.9. The minimum atomic E-state index is -4.17. The zero-order valence-corrected chi connectivity index (χ0v) is 20.7. The number of benzene rings is 3. The summed E-state index contributed by atoms with van der Waals surface area (Å²) in [5, 5.41) is 12.4. The fraction of sp³-hybridized carbons (Fsp3) is 0.185. The molecule has 1 aliphatic rings. The Morgan fingerprint density at radius 1 is 0.919 bits per heavy atom.